The summed E-state index contributed by atoms with van der Waals surface area (Å²) in [5.41, 5.74) is 1.38. The minimum absolute atomic E-state index is 0.631. The van der Waals surface area contributed by atoms with Crippen LogP contribution < -0.4 is 5.32 Å². The maximum absolute atomic E-state index is 4.40. The van der Waals surface area contributed by atoms with Gasteiger partial charge in [-0.2, -0.15) is 5.10 Å². The molecule has 0 saturated heterocycles. The second-order valence-electron chi connectivity index (χ2n) is 6.04. The van der Waals surface area contributed by atoms with Crippen molar-refractivity contribution in [2.24, 2.45) is 11.8 Å². The summed E-state index contributed by atoms with van der Waals surface area (Å²) in [7, 11) is 0. The molecule has 0 radical (unpaired) electrons. The molecule has 3 unspecified atom stereocenters. The zero-order valence-corrected chi connectivity index (χ0v) is 12.7. The van der Waals surface area contributed by atoms with Crippen LogP contribution in [0.15, 0.2) is 12.4 Å². The lowest BCUT2D eigenvalue weighted by molar-refractivity contribution is 0.295. The fraction of sp³-hybridized carbons (Fsp3) is 0.812. The summed E-state index contributed by atoms with van der Waals surface area (Å²) < 4.78 is 2.03. The molecule has 1 aliphatic carbocycles. The fourth-order valence-electron chi connectivity index (χ4n) is 3.42. The molecule has 1 saturated carbocycles. The largest absolute Gasteiger partial charge is 0.313 e. The summed E-state index contributed by atoms with van der Waals surface area (Å²) in [6.45, 7) is 8.91. The standard InChI is InChI=1S/C16H29N3/c1-4-9-17-16(15-8-6-7-13(15)3)10-14-11-18-19(5-2)12-14/h11-13,15-17H,4-10H2,1-3H3. The highest BCUT2D eigenvalue weighted by molar-refractivity contribution is 5.07. The van der Waals surface area contributed by atoms with Crippen LogP contribution in [0.3, 0.4) is 0 Å². The Morgan fingerprint density at radius 3 is 2.84 bits per heavy atom. The predicted octanol–water partition coefficient (Wildman–Crippen LogP) is 3.25. The number of aromatic nitrogens is 2. The lowest BCUT2D eigenvalue weighted by Gasteiger charge is -2.27. The van der Waals surface area contributed by atoms with Gasteiger partial charge in [-0.05, 0) is 50.1 Å². The Hall–Kier alpha value is -0.830. The van der Waals surface area contributed by atoms with E-state index in [2.05, 4.69) is 37.4 Å². The summed E-state index contributed by atoms with van der Waals surface area (Å²) in [5.74, 6) is 1.71. The Morgan fingerprint density at radius 2 is 2.26 bits per heavy atom. The molecule has 1 fully saturated rings. The van der Waals surface area contributed by atoms with Gasteiger partial charge >= 0.3 is 0 Å². The highest BCUT2D eigenvalue weighted by Crippen LogP contribution is 2.34. The molecule has 108 valence electrons. The van der Waals surface area contributed by atoms with E-state index in [-0.39, 0.29) is 0 Å². The summed E-state index contributed by atoms with van der Waals surface area (Å²) in [5, 5.41) is 8.18. The van der Waals surface area contributed by atoms with E-state index in [1.165, 1.54) is 31.2 Å². The average Bonchev–Trinajstić information content (AvgIpc) is 3.03. The Morgan fingerprint density at radius 1 is 1.42 bits per heavy atom. The number of nitrogens with one attached hydrogen (secondary N) is 1. The number of hydrogen-bond acceptors (Lipinski definition) is 2. The van der Waals surface area contributed by atoms with Crippen LogP contribution in [0, 0.1) is 11.8 Å². The normalized spacial score (nSPS) is 24.8. The molecule has 3 heteroatoms. The first-order chi connectivity index (χ1) is 9.24. The smallest absolute Gasteiger partial charge is 0.0522 e. The topological polar surface area (TPSA) is 29.9 Å². The minimum Gasteiger partial charge on any atom is -0.313 e. The van der Waals surface area contributed by atoms with Crippen LogP contribution in [0.5, 0.6) is 0 Å². The van der Waals surface area contributed by atoms with Gasteiger partial charge in [-0.1, -0.05) is 26.7 Å². The lowest BCUT2D eigenvalue weighted by atomic mass is 9.87. The van der Waals surface area contributed by atoms with Crippen molar-refractivity contribution in [3.8, 4) is 0 Å². The van der Waals surface area contributed by atoms with Gasteiger partial charge in [-0.15, -0.1) is 0 Å². The molecular formula is C16H29N3. The lowest BCUT2D eigenvalue weighted by Crippen LogP contribution is -2.39. The van der Waals surface area contributed by atoms with E-state index in [1.807, 2.05) is 10.9 Å². The number of aryl methyl sites for hydroxylation is 1. The van der Waals surface area contributed by atoms with Crippen LogP contribution in [0.2, 0.25) is 0 Å². The minimum atomic E-state index is 0.631. The molecule has 1 aromatic rings. The van der Waals surface area contributed by atoms with Crippen LogP contribution in [-0.2, 0) is 13.0 Å². The first-order valence-electron chi connectivity index (χ1n) is 7.99. The maximum Gasteiger partial charge on any atom is 0.0522 e. The average molecular weight is 263 g/mol. The summed E-state index contributed by atoms with van der Waals surface area (Å²) in [6, 6.07) is 0.631. The van der Waals surface area contributed by atoms with Crippen LogP contribution >= 0.6 is 0 Å². The van der Waals surface area contributed by atoms with Crippen molar-refractivity contribution in [2.45, 2.75) is 65.5 Å². The van der Waals surface area contributed by atoms with Crippen LogP contribution in [0.4, 0.5) is 0 Å². The van der Waals surface area contributed by atoms with Crippen LogP contribution in [0.1, 0.15) is 52.0 Å². The molecule has 19 heavy (non-hydrogen) atoms. The highest BCUT2D eigenvalue weighted by atomic mass is 15.3. The van der Waals surface area contributed by atoms with Crippen molar-refractivity contribution < 1.29 is 0 Å². The molecule has 0 aliphatic heterocycles. The zero-order chi connectivity index (χ0) is 13.7. The number of hydrogen-bond donors (Lipinski definition) is 1. The van der Waals surface area contributed by atoms with Crippen molar-refractivity contribution in [3.63, 3.8) is 0 Å². The molecule has 3 atom stereocenters. The SMILES string of the molecule is CCCNC(Cc1cnn(CC)c1)C1CCCC1C. The van der Waals surface area contributed by atoms with Crippen molar-refractivity contribution in [2.75, 3.05) is 6.54 Å². The van der Waals surface area contributed by atoms with Gasteiger partial charge in [0.25, 0.3) is 0 Å². The van der Waals surface area contributed by atoms with Crippen LogP contribution in [0.25, 0.3) is 0 Å². The van der Waals surface area contributed by atoms with Crippen LogP contribution in [-0.4, -0.2) is 22.4 Å². The van der Waals surface area contributed by atoms with Gasteiger partial charge in [0.2, 0.25) is 0 Å². The molecule has 1 heterocycles. The van der Waals surface area contributed by atoms with E-state index in [4.69, 9.17) is 0 Å². The molecule has 1 aromatic heterocycles. The van der Waals surface area contributed by atoms with E-state index in [1.54, 1.807) is 0 Å². The van der Waals surface area contributed by atoms with Gasteiger partial charge in [0.05, 0.1) is 6.20 Å². The highest BCUT2D eigenvalue weighted by Gasteiger charge is 2.30. The number of nitrogens with zero attached hydrogens (tertiary/aromatic N) is 2. The monoisotopic (exact) mass is 263 g/mol. The molecular weight excluding hydrogens is 234 g/mol. The summed E-state index contributed by atoms with van der Waals surface area (Å²) >= 11 is 0. The third-order valence-electron chi connectivity index (χ3n) is 4.57. The summed E-state index contributed by atoms with van der Waals surface area (Å²) in [6.07, 6.45) is 10.8. The van der Waals surface area contributed by atoms with Gasteiger partial charge in [-0.3, -0.25) is 4.68 Å². The van der Waals surface area contributed by atoms with Gasteiger partial charge in [-0.25, -0.2) is 0 Å². The zero-order valence-electron chi connectivity index (χ0n) is 12.7. The van der Waals surface area contributed by atoms with Gasteiger partial charge in [0.15, 0.2) is 0 Å². The Kier molecular flexibility index (Phi) is 5.44. The van der Waals surface area contributed by atoms with E-state index >= 15 is 0 Å². The van der Waals surface area contributed by atoms with Gasteiger partial charge < -0.3 is 5.32 Å². The Bertz CT molecular complexity index is 372. The molecule has 2 rings (SSSR count). The quantitative estimate of drug-likeness (QED) is 0.818. The molecule has 1 aliphatic rings. The predicted molar refractivity (Wildman–Crippen MR) is 80.2 cm³/mol. The van der Waals surface area contributed by atoms with Gasteiger partial charge in [0.1, 0.15) is 0 Å². The fourth-order valence-corrected chi connectivity index (χ4v) is 3.42. The van der Waals surface area contributed by atoms with Crippen molar-refractivity contribution >= 4 is 0 Å². The van der Waals surface area contributed by atoms with Gasteiger partial charge in [0, 0.05) is 18.8 Å². The first-order valence-corrected chi connectivity index (χ1v) is 7.99. The summed E-state index contributed by atoms with van der Waals surface area (Å²) in [4.78, 5) is 0. The molecule has 0 aromatic carbocycles. The third-order valence-corrected chi connectivity index (χ3v) is 4.57. The van der Waals surface area contributed by atoms with Crippen molar-refractivity contribution in [1.82, 2.24) is 15.1 Å². The first kappa shape index (κ1) is 14.6. The van der Waals surface area contributed by atoms with E-state index in [0.717, 1.165) is 31.3 Å². The third kappa shape index (κ3) is 3.82. The van der Waals surface area contributed by atoms with Crippen molar-refractivity contribution in [3.05, 3.63) is 18.0 Å². The molecule has 1 N–H and O–H groups in total. The molecule has 0 bridgehead atoms. The maximum atomic E-state index is 4.40. The van der Waals surface area contributed by atoms with E-state index < -0.39 is 0 Å². The molecule has 0 amide bonds. The van der Waals surface area contributed by atoms with E-state index in [9.17, 15) is 0 Å². The second kappa shape index (κ2) is 7.09. The van der Waals surface area contributed by atoms with E-state index in [0.29, 0.717) is 6.04 Å². The second-order valence-corrected chi connectivity index (χ2v) is 6.04. The van der Waals surface area contributed by atoms with Crippen molar-refractivity contribution in [1.29, 1.82) is 0 Å². The molecule has 3 nitrogen and oxygen atoms in total. The number of rotatable bonds is 7. The Balaban J connectivity index is 2.00. The molecule has 0 spiro atoms. The Labute approximate surface area is 117 Å².